The molecule has 0 amide bonds. The lowest BCUT2D eigenvalue weighted by Crippen LogP contribution is -2.19. The quantitative estimate of drug-likeness (QED) is 0.140. The van der Waals surface area contributed by atoms with E-state index in [1.54, 1.807) is 0 Å². The molecule has 2 unspecified atom stereocenters. The van der Waals surface area contributed by atoms with E-state index in [2.05, 4.69) is 213 Å². The highest BCUT2D eigenvalue weighted by atomic mass is 16.3. The highest BCUT2D eigenvalue weighted by Crippen LogP contribution is 2.51. The molecule has 0 radical (unpaired) electrons. The number of para-hydroxylation sites is 1. The van der Waals surface area contributed by atoms with E-state index < -0.39 is 0 Å². The number of fused-ring (bicyclic) bond motifs is 10. The van der Waals surface area contributed by atoms with Gasteiger partial charge >= 0.3 is 0 Å². The normalized spacial score (nSPS) is 16.9. The summed E-state index contributed by atoms with van der Waals surface area (Å²) in [5.74, 6) is 0. The van der Waals surface area contributed by atoms with E-state index in [9.17, 15) is 0 Å². The van der Waals surface area contributed by atoms with Crippen LogP contribution in [0.4, 0.5) is 0 Å². The highest BCUT2D eigenvalue weighted by Gasteiger charge is 2.36. The summed E-state index contributed by atoms with van der Waals surface area (Å²) in [6.07, 6.45) is 25.8. The van der Waals surface area contributed by atoms with E-state index in [4.69, 9.17) is 4.42 Å². The van der Waals surface area contributed by atoms with Gasteiger partial charge in [0.05, 0.1) is 23.1 Å². The molecule has 11 rings (SSSR count). The molecule has 0 bridgehead atoms. The maximum absolute atomic E-state index is 6.68. The number of hydrogen-bond donors (Lipinski definition) is 0. The van der Waals surface area contributed by atoms with E-state index in [-0.39, 0.29) is 17.5 Å². The lowest BCUT2D eigenvalue weighted by atomic mass is 9.82. The van der Waals surface area contributed by atoms with Crippen molar-refractivity contribution in [3.63, 3.8) is 0 Å². The Balaban J connectivity index is 1.14. The second-order valence-electron chi connectivity index (χ2n) is 17.5. The van der Waals surface area contributed by atoms with Crippen LogP contribution in [0.1, 0.15) is 69.3 Å². The number of furan rings is 1. The van der Waals surface area contributed by atoms with Crippen molar-refractivity contribution >= 4 is 66.7 Å². The van der Waals surface area contributed by atoms with Crippen LogP contribution in [0.15, 0.2) is 181 Å². The van der Waals surface area contributed by atoms with Gasteiger partial charge in [0.2, 0.25) is 0 Å². The lowest BCUT2D eigenvalue weighted by molar-refractivity contribution is 0.576. The lowest BCUT2D eigenvalue weighted by Gasteiger charge is -2.22. The summed E-state index contributed by atoms with van der Waals surface area (Å²) in [7, 11) is 0. The van der Waals surface area contributed by atoms with Crippen LogP contribution in [-0.2, 0) is 5.41 Å². The topological polar surface area (TPSA) is 23.0 Å². The van der Waals surface area contributed by atoms with Crippen molar-refractivity contribution in [2.24, 2.45) is 0 Å². The molecule has 9 aromatic rings. The largest absolute Gasteiger partial charge is 0.456 e. The predicted octanol–water partition coefficient (Wildman–Crippen LogP) is 14.6. The van der Waals surface area contributed by atoms with Crippen LogP contribution in [0.25, 0.3) is 89.0 Å². The molecule has 0 aliphatic heterocycles. The minimum Gasteiger partial charge on any atom is -0.456 e. The second-order valence-corrected chi connectivity index (χ2v) is 17.5. The van der Waals surface area contributed by atoms with Gasteiger partial charge in [-0.15, -0.1) is 6.58 Å². The maximum Gasteiger partial charge on any atom is 0.135 e. The molecule has 2 aliphatic rings. The van der Waals surface area contributed by atoms with Crippen LogP contribution in [0.5, 0.6) is 0 Å². The van der Waals surface area contributed by atoms with Gasteiger partial charge in [0, 0.05) is 48.6 Å². The van der Waals surface area contributed by atoms with Crippen LogP contribution in [0, 0.1) is 0 Å². The van der Waals surface area contributed by atoms with Gasteiger partial charge in [-0.2, -0.15) is 0 Å². The molecule has 2 atom stereocenters. The molecule has 0 spiro atoms. The standard InChI is InChI=1S/C59H50N2O/c1-6-9-28-56-48(49-35-39(30-32-57(49)62-56)42-24-17-27-54-58(42)44-23-14-16-26-52(44)60(54)41-20-11-10-12-21-41)34-38-29-31-53-46(33-38)47-36-45-43-22-13-15-25-50(43)59(4,5)51(45)37-55(47)61(53)40(18-7-2)19-8-3/h6-17,19-20,22-37,40-41H,2,18,21H2,1,3-5H3/b9-6-,19-8-,48-34?,56-28+. The Bertz CT molecular complexity index is 3550. The Morgan fingerprint density at radius 1 is 0.726 bits per heavy atom. The van der Waals surface area contributed by atoms with Crippen molar-refractivity contribution in [2.75, 3.05) is 0 Å². The van der Waals surface area contributed by atoms with Crippen molar-refractivity contribution in [3.05, 3.63) is 204 Å². The zero-order chi connectivity index (χ0) is 42.1. The first-order valence-electron chi connectivity index (χ1n) is 22.1. The fraction of sp³-hybridized carbons (Fsp3) is 0.153. The molecule has 3 aromatic heterocycles. The summed E-state index contributed by atoms with van der Waals surface area (Å²) in [4.78, 5) is 0. The Kier molecular flexibility index (Phi) is 9.05. The number of rotatable bonds is 8. The van der Waals surface area contributed by atoms with E-state index in [1.807, 2.05) is 13.0 Å². The van der Waals surface area contributed by atoms with Crippen molar-refractivity contribution < 1.29 is 4.42 Å². The summed E-state index contributed by atoms with van der Waals surface area (Å²) < 4.78 is 11.7. The monoisotopic (exact) mass is 802 g/mol. The first-order valence-corrected chi connectivity index (χ1v) is 22.1. The van der Waals surface area contributed by atoms with Crippen LogP contribution in [-0.4, -0.2) is 9.13 Å². The third kappa shape index (κ3) is 5.79. The van der Waals surface area contributed by atoms with Crippen molar-refractivity contribution in [1.29, 1.82) is 0 Å². The number of allylic oxidation sites excluding steroid dienone is 9. The van der Waals surface area contributed by atoms with Crippen LogP contribution in [0.2, 0.25) is 0 Å². The first-order chi connectivity index (χ1) is 30.4. The van der Waals surface area contributed by atoms with Gasteiger partial charge in [-0.1, -0.05) is 135 Å². The molecule has 0 N–H and O–H groups in total. The van der Waals surface area contributed by atoms with E-state index in [1.165, 1.54) is 77.0 Å². The molecule has 3 nitrogen and oxygen atoms in total. The average Bonchev–Trinajstić information content (AvgIpc) is 3.99. The van der Waals surface area contributed by atoms with Gasteiger partial charge in [-0.3, -0.25) is 0 Å². The third-order valence-electron chi connectivity index (χ3n) is 13.5. The molecular formula is C59H50N2O. The summed E-state index contributed by atoms with van der Waals surface area (Å²) in [6, 6.07) is 43.6. The van der Waals surface area contributed by atoms with E-state index >= 15 is 0 Å². The van der Waals surface area contributed by atoms with Gasteiger partial charge in [-0.25, -0.2) is 0 Å². The first kappa shape index (κ1) is 37.9. The molecule has 3 heterocycles. The minimum absolute atomic E-state index is 0.0944. The predicted molar refractivity (Wildman–Crippen MR) is 264 cm³/mol. The Morgan fingerprint density at radius 2 is 1.55 bits per heavy atom. The minimum atomic E-state index is -0.0944. The van der Waals surface area contributed by atoms with Crippen LogP contribution >= 0.6 is 0 Å². The second kappa shape index (κ2) is 14.8. The zero-order valence-corrected chi connectivity index (χ0v) is 35.9. The number of aromatic nitrogens is 2. The molecule has 2 aliphatic carbocycles. The van der Waals surface area contributed by atoms with E-state index in [0.29, 0.717) is 0 Å². The molecule has 62 heavy (non-hydrogen) atoms. The summed E-state index contributed by atoms with van der Waals surface area (Å²) in [6.45, 7) is 13.1. The summed E-state index contributed by atoms with van der Waals surface area (Å²) in [5, 5.41) is 7.25. The maximum atomic E-state index is 6.68. The fourth-order valence-corrected chi connectivity index (χ4v) is 10.7. The molecule has 6 aromatic carbocycles. The van der Waals surface area contributed by atoms with Crippen molar-refractivity contribution in [3.8, 4) is 22.3 Å². The SMILES string of the molecule is C=CCC(/C=C\C)n1c2ccc(C=c3/c(=C\C=C/C)oc4ccc(-c5cccc6c5c5ccccc5n6C5C=CC=CC5)cc34)cc2c2cc3c(cc21)C(C)(C)c1ccccc1-3. The number of benzene rings is 6. The highest BCUT2D eigenvalue weighted by molar-refractivity contribution is 6.15. The van der Waals surface area contributed by atoms with E-state index in [0.717, 1.165) is 40.0 Å². The summed E-state index contributed by atoms with van der Waals surface area (Å²) in [5.41, 5.74) is 15.6. The zero-order valence-electron chi connectivity index (χ0n) is 35.9. The molecule has 0 fully saturated rings. The number of hydrogen-bond acceptors (Lipinski definition) is 1. The van der Waals surface area contributed by atoms with Gasteiger partial charge < -0.3 is 13.6 Å². The third-order valence-corrected chi connectivity index (χ3v) is 13.5. The van der Waals surface area contributed by atoms with Gasteiger partial charge in [-0.05, 0) is 126 Å². The number of nitrogens with zero attached hydrogens (tertiary/aromatic N) is 2. The Hall–Kier alpha value is -7.10. The molecule has 302 valence electrons. The van der Waals surface area contributed by atoms with Gasteiger partial charge in [0.25, 0.3) is 0 Å². The van der Waals surface area contributed by atoms with Crippen molar-refractivity contribution in [2.45, 2.75) is 58.0 Å². The smallest absolute Gasteiger partial charge is 0.135 e. The van der Waals surface area contributed by atoms with Crippen LogP contribution in [0.3, 0.4) is 0 Å². The molecule has 3 heteroatoms. The Labute approximate surface area is 362 Å². The van der Waals surface area contributed by atoms with Crippen molar-refractivity contribution in [1.82, 2.24) is 9.13 Å². The Morgan fingerprint density at radius 3 is 2.39 bits per heavy atom. The average molecular weight is 803 g/mol. The van der Waals surface area contributed by atoms with Crippen LogP contribution < -0.4 is 10.6 Å². The molecule has 0 saturated heterocycles. The fourth-order valence-electron chi connectivity index (χ4n) is 10.7. The van der Waals surface area contributed by atoms with Gasteiger partial charge in [0.15, 0.2) is 0 Å². The van der Waals surface area contributed by atoms with Gasteiger partial charge in [0.1, 0.15) is 11.0 Å². The molecular weight excluding hydrogens is 753 g/mol. The summed E-state index contributed by atoms with van der Waals surface area (Å²) >= 11 is 0. The molecule has 0 saturated carbocycles.